The maximum atomic E-state index is 13.2. The average molecular weight is 309 g/mol. The van der Waals surface area contributed by atoms with E-state index in [1.165, 1.54) is 23.9 Å². The van der Waals surface area contributed by atoms with Gasteiger partial charge in [0, 0.05) is 10.6 Å². The van der Waals surface area contributed by atoms with Crippen LogP contribution in [-0.2, 0) is 5.54 Å². The Hall–Kier alpha value is -1.43. The van der Waals surface area contributed by atoms with Crippen LogP contribution in [0.4, 0.5) is 8.78 Å². The number of nitrogens with one attached hydrogen (secondary N) is 1. The second kappa shape index (κ2) is 7.02. The summed E-state index contributed by atoms with van der Waals surface area (Å²) in [6, 6.07) is 13.4. The lowest BCUT2D eigenvalue weighted by molar-refractivity contribution is 0.187. The highest BCUT2D eigenvalue weighted by Crippen LogP contribution is 2.30. The van der Waals surface area contributed by atoms with Crippen LogP contribution in [0.1, 0.15) is 5.56 Å². The molecule has 2 aromatic carbocycles. The van der Waals surface area contributed by atoms with Crippen molar-refractivity contribution in [3.05, 3.63) is 65.7 Å². The molecule has 2 aromatic rings. The van der Waals surface area contributed by atoms with Gasteiger partial charge in [-0.05, 0) is 30.8 Å². The minimum atomic E-state index is -0.862. The first-order valence-electron chi connectivity index (χ1n) is 6.54. The van der Waals surface area contributed by atoms with E-state index in [4.69, 9.17) is 0 Å². The topological polar surface area (TPSA) is 32.3 Å². The molecular formula is C16H17F2NOS. The Labute approximate surface area is 127 Å². The van der Waals surface area contributed by atoms with E-state index >= 15 is 0 Å². The molecule has 112 valence electrons. The van der Waals surface area contributed by atoms with E-state index in [2.05, 4.69) is 5.32 Å². The smallest absolute Gasteiger partial charge is 0.159 e. The number of aliphatic hydroxyl groups is 1. The molecule has 0 heterocycles. The number of hydrogen-bond acceptors (Lipinski definition) is 3. The predicted molar refractivity (Wildman–Crippen MR) is 81.3 cm³/mol. The number of thioether (sulfide) groups is 1. The normalized spacial score (nSPS) is 13.9. The van der Waals surface area contributed by atoms with Crippen molar-refractivity contribution in [2.75, 3.05) is 19.4 Å². The monoisotopic (exact) mass is 309 g/mol. The number of likely N-dealkylation sites (N-methyl/N-ethyl adjacent to an activating group) is 1. The fourth-order valence-corrected chi connectivity index (χ4v) is 3.21. The molecule has 0 fully saturated rings. The van der Waals surface area contributed by atoms with Gasteiger partial charge in [0.1, 0.15) is 0 Å². The van der Waals surface area contributed by atoms with Gasteiger partial charge in [-0.1, -0.05) is 30.3 Å². The second-order valence-electron chi connectivity index (χ2n) is 4.72. The van der Waals surface area contributed by atoms with Crippen LogP contribution in [0.2, 0.25) is 0 Å². The van der Waals surface area contributed by atoms with Crippen LogP contribution < -0.4 is 5.32 Å². The molecule has 0 aliphatic rings. The van der Waals surface area contributed by atoms with E-state index in [9.17, 15) is 13.9 Å². The van der Waals surface area contributed by atoms with Crippen molar-refractivity contribution in [1.29, 1.82) is 0 Å². The molecule has 1 unspecified atom stereocenters. The lowest BCUT2D eigenvalue weighted by Crippen LogP contribution is -2.45. The minimum absolute atomic E-state index is 0.0931. The Balaban J connectivity index is 2.19. The minimum Gasteiger partial charge on any atom is -0.394 e. The maximum Gasteiger partial charge on any atom is 0.159 e. The molecule has 0 spiro atoms. The summed E-state index contributed by atoms with van der Waals surface area (Å²) in [5.41, 5.74) is 0.321. The Morgan fingerprint density at radius 3 is 2.38 bits per heavy atom. The van der Waals surface area contributed by atoms with Gasteiger partial charge in [-0.15, -0.1) is 11.8 Å². The SMILES string of the molecule is CNC(CO)(CSc1ccc(F)c(F)c1)c1ccccc1. The summed E-state index contributed by atoms with van der Waals surface area (Å²) in [7, 11) is 1.77. The molecule has 0 saturated heterocycles. The molecule has 0 saturated carbocycles. The first kappa shape index (κ1) is 15.9. The Morgan fingerprint density at radius 1 is 1.10 bits per heavy atom. The molecule has 0 amide bonds. The zero-order chi connectivity index (χ0) is 15.3. The molecule has 0 aromatic heterocycles. The summed E-state index contributed by atoms with van der Waals surface area (Å²) >= 11 is 1.37. The van der Waals surface area contributed by atoms with Gasteiger partial charge in [-0.25, -0.2) is 8.78 Å². The zero-order valence-corrected chi connectivity index (χ0v) is 12.5. The van der Waals surface area contributed by atoms with E-state index in [-0.39, 0.29) is 6.61 Å². The lowest BCUT2D eigenvalue weighted by Gasteiger charge is -2.32. The van der Waals surface area contributed by atoms with Crippen LogP contribution in [0.25, 0.3) is 0 Å². The van der Waals surface area contributed by atoms with E-state index in [1.807, 2.05) is 30.3 Å². The largest absolute Gasteiger partial charge is 0.394 e. The van der Waals surface area contributed by atoms with Crippen LogP contribution in [-0.4, -0.2) is 24.5 Å². The first-order chi connectivity index (χ1) is 10.1. The van der Waals surface area contributed by atoms with Crippen molar-refractivity contribution < 1.29 is 13.9 Å². The molecule has 2 nitrogen and oxygen atoms in total. The molecule has 21 heavy (non-hydrogen) atoms. The van der Waals surface area contributed by atoms with Gasteiger partial charge in [0.05, 0.1) is 12.1 Å². The van der Waals surface area contributed by atoms with Gasteiger partial charge in [-0.3, -0.25) is 0 Å². The van der Waals surface area contributed by atoms with Crippen molar-refractivity contribution in [2.24, 2.45) is 0 Å². The third-order valence-electron chi connectivity index (χ3n) is 3.45. The fraction of sp³-hybridized carbons (Fsp3) is 0.250. The Bertz CT molecular complexity index is 588. The van der Waals surface area contributed by atoms with Crippen molar-refractivity contribution in [3.8, 4) is 0 Å². The number of benzene rings is 2. The van der Waals surface area contributed by atoms with Crippen LogP contribution in [0.5, 0.6) is 0 Å². The van der Waals surface area contributed by atoms with Crippen LogP contribution >= 0.6 is 11.8 Å². The van der Waals surface area contributed by atoms with Crippen molar-refractivity contribution in [1.82, 2.24) is 5.32 Å². The molecule has 2 rings (SSSR count). The highest BCUT2D eigenvalue weighted by atomic mass is 32.2. The Kier molecular flexibility index (Phi) is 5.33. The standard InChI is InChI=1S/C16H17F2NOS/c1-19-16(10-20,12-5-3-2-4-6-12)11-21-13-7-8-14(17)15(18)9-13/h2-9,19-20H,10-11H2,1H3. The van der Waals surface area contributed by atoms with Gasteiger partial charge in [0.25, 0.3) is 0 Å². The van der Waals surface area contributed by atoms with Crippen LogP contribution in [0, 0.1) is 11.6 Å². The van der Waals surface area contributed by atoms with Crippen molar-refractivity contribution >= 4 is 11.8 Å². The molecule has 0 aliphatic heterocycles. The highest BCUT2D eigenvalue weighted by Gasteiger charge is 2.29. The van der Waals surface area contributed by atoms with E-state index < -0.39 is 17.2 Å². The molecule has 0 radical (unpaired) electrons. The molecule has 0 aliphatic carbocycles. The van der Waals surface area contributed by atoms with Gasteiger partial charge < -0.3 is 10.4 Å². The first-order valence-corrected chi connectivity index (χ1v) is 7.53. The summed E-state index contributed by atoms with van der Waals surface area (Å²) in [6.07, 6.45) is 0. The van der Waals surface area contributed by atoms with Gasteiger partial charge in [0.15, 0.2) is 11.6 Å². The predicted octanol–water partition coefficient (Wildman–Crippen LogP) is 3.16. The fourth-order valence-electron chi connectivity index (χ4n) is 2.05. The number of aliphatic hydroxyl groups excluding tert-OH is 1. The quantitative estimate of drug-likeness (QED) is 0.804. The van der Waals surface area contributed by atoms with Crippen molar-refractivity contribution in [2.45, 2.75) is 10.4 Å². The maximum absolute atomic E-state index is 13.2. The van der Waals surface area contributed by atoms with Gasteiger partial charge >= 0.3 is 0 Å². The molecule has 0 bridgehead atoms. The third-order valence-corrected chi connectivity index (χ3v) is 4.68. The van der Waals surface area contributed by atoms with E-state index in [0.717, 1.165) is 11.6 Å². The highest BCUT2D eigenvalue weighted by molar-refractivity contribution is 7.99. The third kappa shape index (κ3) is 3.61. The summed E-state index contributed by atoms with van der Waals surface area (Å²) in [5, 5.41) is 12.9. The summed E-state index contributed by atoms with van der Waals surface area (Å²) < 4.78 is 26.2. The number of hydrogen-bond donors (Lipinski definition) is 2. The molecule has 1 atom stereocenters. The van der Waals surface area contributed by atoms with Crippen LogP contribution in [0.15, 0.2) is 53.4 Å². The molecular weight excluding hydrogens is 292 g/mol. The van der Waals surface area contributed by atoms with Crippen molar-refractivity contribution in [3.63, 3.8) is 0 Å². The van der Waals surface area contributed by atoms with Crippen LogP contribution in [0.3, 0.4) is 0 Å². The van der Waals surface area contributed by atoms with Gasteiger partial charge in [-0.2, -0.15) is 0 Å². The summed E-state index contributed by atoms with van der Waals surface area (Å²) in [6.45, 7) is -0.0931. The second-order valence-corrected chi connectivity index (χ2v) is 5.77. The average Bonchev–Trinajstić information content (AvgIpc) is 2.53. The Morgan fingerprint density at radius 2 is 1.81 bits per heavy atom. The van der Waals surface area contributed by atoms with E-state index in [0.29, 0.717) is 10.6 Å². The molecule has 2 N–H and O–H groups in total. The number of rotatable bonds is 6. The zero-order valence-electron chi connectivity index (χ0n) is 11.6. The summed E-state index contributed by atoms with van der Waals surface area (Å²) in [5.74, 6) is -1.22. The molecule has 5 heteroatoms. The summed E-state index contributed by atoms with van der Waals surface area (Å²) in [4.78, 5) is 0.623. The van der Waals surface area contributed by atoms with E-state index in [1.54, 1.807) is 7.05 Å². The number of halogens is 2. The lowest BCUT2D eigenvalue weighted by atomic mass is 9.93. The van der Waals surface area contributed by atoms with Gasteiger partial charge in [0.2, 0.25) is 0 Å².